The fourth-order valence-electron chi connectivity index (χ4n) is 3.74. The van der Waals surface area contributed by atoms with Gasteiger partial charge in [0.15, 0.2) is 0 Å². The van der Waals surface area contributed by atoms with Crippen LogP contribution in [0.5, 0.6) is 0 Å². The molecule has 3 rings (SSSR count). The van der Waals surface area contributed by atoms with E-state index in [1.165, 1.54) is 38.3 Å². The molecule has 2 fully saturated rings. The lowest BCUT2D eigenvalue weighted by Gasteiger charge is -2.38. The maximum absolute atomic E-state index is 11.6. The number of carbonyl (C=O) groups excluding carboxylic acids is 1. The number of amides is 1. The number of piperazine rings is 1. The third-order valence-corrected chi connectivity index (χ3v) is 5.27. The van der Waals surface area contributed by atoms with Gasteiger partial charge in [0.1, 0.15) is 0 Å². The van der Waals surface area contributed by atoms with Crippen molar-refractivity contribution in [2.45, 2.75) is 19.3 Å². The summed E-state index contributed by atoms with van der Waals surface area (Å²) in [4.78, 5) is 18.7. The van der Waals surface area contributed by atoms with E-state index >= 15 is 0 Å². The van der Waals surface area contributed by atoms with Gasteiger partial charge < -0.3 is 14.7 Å². The highest BCUT2D eigenvalue weighted by Gasteiger charge is 2.26. The van der Waals surface area contributed by atoms with E-state index in [2.05, 4.69) is 40.1 Å². The summed E-state index contributed by atoms with van der Waals surface area (Å²) < 4.78 is 0. The highest BCUT2D eigenvalue weighted by Crippen LogP contribution is 2.18. The Labute approximate surface area is 140 Å². The molecule has 1 aromatic rings. The van der Waals surface area contributed by atoms with Crippen molar-refractivity contribution in [3.8, 4) is 0 Å². The van der Waals surface area contributed by atoms with Gasteiger partial charge in [-0.25, -0.2) is 0 Å². The Balaban J connectivity index is 1.36. The summed E-state index contributed by atoms with van der Waals surface area (Å²) in [6.45, 7) is 7.95. The van der Waals surface area contributed by atoms with Crippen LogP contribution in [-0.2, 0) is 11.2 Å². The van der Waals surface area contributed by atoms with Gasteiger partial charge in [-0.3, -0.25) is 4.79 Å². The molecule has 23 heavy (non-hydrogen) atoms. The molecule has 4 heteroatoms. The average molecular weight is 315 g/mol. The van der Waals surface area contributed by atoms with Crippen LogP contribution in [-0.4, -0.2) is 73.5 Å². The fraction of sp³-hybridized carbons (Fsp3) is 0.632. The largest absolute Gasteiger partial charge is 0.345 e. The van der Waals surface area contributed by atoms with Gasteiger partial charge in [0.05, 0.1) is 0 Å². The number of nitrogens with zero attached hydrogens (tertiary/aromatic N) is 3. The van der Waals surface area contributed by atoms with Crippen molar-refractivity contribution in [2.75, 3.05) is 52.9 Å². The monoisotopic (exact) mass is 315 g/mol. The van der Waals surface area contributed by atoms with Crippen molar-refractivity contribution >= 4 is 5.91 Å². The standard InChI is InChI=1S/C19H29N3O/c1-20-15-18(7-8-19(20)23)16-22-13-11-21(12-14-22)10-9-17-5-3-2-4-6-17/h2-6,18H,7-16H2,1H3. The molecule has 1 unspecified atom stereocenters. The number of benzene rings is 1. The SMILES string of the molecule is CN1CC(CN2CCN(CCc3ccccc3)CC2)CCC1=O. The number of rotatable bonds is 5. The molecule has 1 aromatic carbocycles. The molecule has 2 aliphatic heterocycles. The Bertz CT molecular complexity index is 497. The van der Waals surface area contributed by atoms with Crippen molar-refractivity contribution in [3.63, 3.8) is 0 Å². The molecule has 2 saturated heterocycles. The van der Waals surface area contributed by atoms with E-state index in [4.69, 9.17) is 0 Å². The minimum absolute atomic E-state index is 0.312. The van der Waals surface area contributed by atoms with E-state index in [0.29, 0.717) is 11.8 Å². The summed E-state index contributed by atoms with van der Waals surface area (Å²) in [5.41, 5.74) is 1.44. The Morgan fingerprint density at radius 3 is 2.43 bits per heavy atom. The highest BCUT2D eigenvalue weighted by molar-refractivity contribution is 5.76. The van der Waals surface area contributed by atoms with E-state index in [0.717, 1.165) is 32.4 Å². The molecule has 0 radical (unpaired) electrons. The predicted molar refractivity (Wildman–Crippen MR) is 93.4 cm³/mol. The third kappa shape index (κ3) is 4.79. The van der Waals surface area contributed by atoms with Crippen LogP contribution in [0.15, 0.2) is 30.3 Å². The maximum atomic E-state index is 11.6. The van der Waals surface area contributed by atoms with Crippen LogP contribution in [0.2, 0.25) is 0 Å². The molecular formula is C19H29N3O. The van der Waals surface area contributed by atoms with Gasteiger partial charge in [-0.1, -0.05) is 30.3 Å². The maximum Gasteiger partial charge on any atom is 0.222 e. The summed E-state index contributed by atoms with van der Waals surface area (Å²) >= 11 is 0. The molecule has 1 amide bonds. The second-order valence-electron chi connectivity index (χ2n) is 7.06. The van der Waals surface area contributed by atoms with E-state index in [9.17, 15) is 4.79 Å². The molecule has 0 aliphatic carbocycles. The van der Waals surface area contributed by atoms with Crippen molar-refractivity contribution in [1.82, 2.24) is 14.7 Å². The molecule has 4 nitrogen and oxygen atoms in total. The molecule has 2 aliphatic rings. The molecule has 0 aromatic heterocycles. The first-order valence-corrected chi connectivity index (χ1v) is 8.93. The van der Waals surface area contributed by atoms with Gasteiger partial charge >= 0.3 is 0 Å². The summed E-state index contributed by atoms with van der Waals surface area (Å²) in [6, 6.07) is 10.8. The summed E-state index contributed by atoms with van der Waals surface area (Å²) in [5.74, 6) is 0.973. The zero-order valence-electron chi connectivity index (χ0n) is 14.3. The quantitative estimate of drug-likeness (QED) is 0.828. The molecule has 0 spiro atoms. The van der Waals surface area contributed by atoms with E-state index in [1.807, 2.05) is 11.9 Å². The van der Waals surface area contributed by atoms with Gasteiger partial charge in [0.2, 0.25) is 5.91 Å². The molecule has 0 saturated carbocycles. The zero-order chi connectivity index (χ0) is 16.1. The van der Waals surface area contributed by atoms with E-state index in [-0.39, 0.29) is 0 Å². The summed E-state index contributed by atoms with van der Waals surface area (Å²) in [6.07, 6.45) is 2.95. The average Bonchev–Trinajstić information content (AvgIpc) is 2.58. The molecule has 0 bridgehead atoms. The number of carbonyl (C=O) groups is 1. The van der Waals surface area contributed by atoms with Crippen LogP contribution in [0, 0.1) is 5.92 Å². The second-order valence-corrected chi connectivity index (χ2v) is 7.06. The van der Waals surface area contributed by atoms with Crippen LogP contribution in [0.4, 0.5) is 0 Å². The van der Waals surface area contributed by atoms with Gasteiger partial charge in [-0.2, -0.15) is 0 Å². The lowest BCUT2D eigenvalue weighted by atomic mass is 9.97. The molecule has 126 valence electrons. The zero-order valence-corrected chi connectivity index (χ0v) is 14.3. The lowest BCUT2D eigenvalue weighted by Crippen LogP contribution is -2.50. The van der Waals surface area contributed by atoms with Crippen molar-refractivity contribution < 1.29 is 4.79 Å². The van der Waals surface area contributed by atoms with Gasteiger partial charge in [0, 0.05) is 59.3 Å². The second kappa shape index (κ2) is 7.93. The summed E-state index contributed by atoms with van der Waals surface area (Å²) in [5, 5.41) is 0. The first-order valence-electron chi connectivity index (χ1n) is 8.93. The third-order valence-electron chi connectivity index (χ3n) is 5.27. The van der Waals surface area contributed by atoms with Crippen LogP contribution < -0.4 is 0 Å². The minimum Gasteiger partial charge on any atom is -0.345 e. The van der Waals surface area contributed by atoms with Gasteiger partial charge in [-0.05, 0) is 24.3 Å². The highest BCUT2D eigenvalue weighted by atomic mass is 16.2. The van der Waals surface area contributed by atoms with Crippen LogP contribution >= 0.6 is 0 Å². The molecule has 2 heterocycles. The summed E-state index contributed by atoms with van der Waals surface area (Å²) in [7, 11) is 1.94. The minimum atomic E-state index is 0.312. The Kier molecular flexibility index (Phi) is 5.68. The Morgan fingerprint density at radius 2 is 1.74 bits per heavy atom. The van der Waals surface area contributed by atoms with Crippen LogP contribution in [0.1, 0.15) is 18.4 Å². The van der Waals surface area contributed by atoms with Crippen molar-refractivity contribution in [2.24, 2.45) is 5.92 Å². The first-order chi connectivity index (χ1) is 11.2. The normalized spacial score (nSPS) is 24.1. The topological polar surface area (TPSA) is 26.8 Å². The Morgan fingerprint density at radius 1 is 1.04 bits per heavy atom. The lowest BCUT2D eigenvalue weighted by molar-refractivity contribution is -0.133. The first kappa shape index (κ1) is 16.5. The number of likely N-dealkylation sites (tertiary alicyclic amines) is 1. The van der Waals surface area contributed by atoms with Crippen molar-refractivity contribution in [3.05, 3.63) is 35.9 Å². The van der Waals surface area contributed by atoms with Crippen LogP contribution in [0.3, 0.4) is 0 Å². The van der Waals surface area contributed by atoms with Crippen LogP contribution in [0.25, 0.3) is 0 Å². The predicted octanol–water partition coefficient (Wildman–Crippen LogP) is 1.72. The molecule has 1 atom stereocenters. The Hall–Kier alpha value is -1.39. The molecular weight excluding hydrogens is 286 g/mol. The number of hydrogen-bond donors (Lipinski definition) is 0. The van der Waals surface area contributed by atoms with Gasteiger partial charge in [-0.15, -0.1) is 0 Å². The molecule has 0 N–H and O–H groups in total. The van der Waals surface area contributed by atoms with E-state index < -0.39 is 0 Å². The fourth-order valence-corrected chi connectivity index (χ4v) is 3.74. The van der Waals surface area contributed by atoms with E-state index in [1.54, 1.807) is 0 Å². The number of hydrogen-bond acceptors (Lipinski definition) is 3. The van der Waals surface area contributed by atoms with Crippen molar-refractivity contribution in [1.29, 1.82) is 0 Å². The smallest absolute Gasteiger partial charge is 0.222 e. The number of piperidine rings is 1. The van der Waals surface area contributed by atoms with Gasteiger partial charge in [0.25, 0.3) is 0 Å².